The van der Waals surface area contributed by atoms with Crippen molar-refractivity contribution >= 4 is 33.4 Å². The quantitative estimate of drug-likeness (QED) is 0.543. The van der Waals surface area contributed by atoms with Gasteiger partial charge < -0.3 is 15.0 Å². The highest BCUT2D eigenvalue weighted by Crippen LogP contribution is 2.22. The Labute approximate surface area is 174 Å². The number of nitrogens with zero attached hydrogens (tertiary/aromatic N) is 2. The van der Waals surface area contributed by atoms with E-state index in [2.05, 4.69) is 10.3 Å². The predicted molar refractivity (Wildman–Crippen MR) is 115 cm³/mol. The first kappa shape index (κ1) is 20.8. The fraction of sp³-hybridized carbons (Fsp3) is 0.318. The van der Waals surface area contributed by atoms with E-state index in [1.54, 1.807) is 41.5 Å². The van der Waals surface area contributed by atoms with Gasteiger partial charge in [-0.3, -0.25) is 9.59 Å². The minimum Gasteiger partial charge on any atom is -0.493 e. The summed E-state index contributed by atoms with van der Waals surface area (Å²) in [6, 6.07) is 15.1. The van der Waals surface area contributed by atoms with Crippen molar-refractivity contribution in [1.29, 1.82) is 0 Å². The molecular formula is C22H25N3O3S. The molecule has 152 valence electrons. The molecule has 0 aliphatic carbocycles. The Morgan fingerprint density at radius 3 is 2.69 bits per heavy atom. The van der Waals surface area contributed by atoms with Crippen LogP contribution in [0, 0.1) is 0 Å². The van der Waals surface area contributed by atoms with Crippen LogP contribution in [0.3, 0.4) is 0 Å². The van der Waals surface area contributed by atoms with E-state index in [0.29, 0.717) is 43.9 Å². The van der Waals surface area contributed by atoms with Gasteiger partial charge in [0.05, 0.1) is 28.9 Å². The molecule has 7 heteroatoms. The second-order valence-corrected chi connectivity index (χ2v) is 7.73. The lowest BCUT2D eigenvalue weighted by Crippen LogP contribution is -2.29. The maximum absolute atomic E-state index is 12.4. The van der Waals surface area contributed by atoms with Crippen molar-refractivity contribution < 1.29 is 14.3 Å². The Balaban J connectivity index is 1.44. The Hall–Kier alpha value is -2.93. The third-order valence-corrected chi connectivity index (χ3v) is 5.44. The fourth-order valence-corrected chi connectivity index (χ4v) is 3.96. The van der Waals surface area contributed by atoms with Crippen molar-refractivity contribution in [2.24, 2.45) is 0 Å². The number of hydrogen-bond donors (Lipinski definition) is 1. The molecule has 0 saturated carbocycles. The zero-order valence-electron chi connectivity index (χ0n) is 16.7. The van der Waals surface area contributed by atoms with Crippen molar-refractivity contribution in [1.82, 2.24) is 15.2 Å². The molecule has 0 aliphatic rings. The molecule has 0 unspecified atom stereocenters. The summed E-state index contributed by atoms with van der Waals surface area (Å²) in [7, 11) is 1.78. The van der Waals surface area contributed by atoms with E-state index in [1.807, 2.05) is 37.3 Å². The number of aromatic nitrogens is 1. The lowest BCUT2D eigenvalue weighted by molar-refractivity contribution is -0.130. The number of fused-ring (bicyclic) bond motifs is 1. The van der Waals surface area contributed by atoms with Gasteiger partial charge in [0.1, 0.15) is 10.8 Å². The van der Waals surface area contributed by atoms with Gasteiger partial charge in [0.25, 0.3) is 5.91 Å². The maximum atomic E-state index is 12.4. The highest BCUT2D eigenvalue weighted by molar-refractivity contribution is 7.18. The lowest BCUT2D eigenvalue weighted by atomic mass is 10.2. The lowest BCUT2D eigenvalue weighted by Gasteiger charge is -2.15. The number of rotatable bonds is 9. The van der Waals surface area contributed by atoms with Crippen molar-refractivity contribution in [3.63, 3.8) is 0 Å². The number of ether oxygens (including phenoxy) is 1. The molecule has 0 saturated heterocycles. The molecule has 29 heavy (non-hydrogen) atoms. The Bertz CT molecular complexity index is 953. The van der Waals surface area contributed by atoms with Crippen LogP contribution in [0.5, 0.6) is 5.75 Å². The molecule has 2 amide bonds. The average molecular weight is 412 g/mol. The van der Waals surface area contributed by atoms with Gasteiger partial charge in [-0.05, 0) is 37.6 Å². The van der Waals surface area contributed by atoms with Crippen LogP contribution in [0.15, 0.2) is 48.5 Å². The number of carbonyl (C=O) groups excluding carboxylic acids is 2. The summed E-state index contributed by atoms with van der Waals surface area (Å²) < 4.78 is 6.61. The first-order chi connectivity index (χ1) is 14.1. The molecule has 3 aromatic rings. The smallest absolute Gasteiger partial charge is 0.255 e. The number of nitrogens with one attached hydrogen (secondary N) is 1. The highest BCUT2D eigenvalue weighted by Gasteiger charge is 2.14. The van der Waals surface area contributed by atoms with Crippen LogP contribution >= 0.6 is 11.3 Å². The summed E-state index contributed by atoms with van der Waals surface area (Å²) in [5.74, 6) is 0.414. The number of para-hydroxylation sites is 2. The first-order valence-electron chi connectivity index (χ1n) is 9.67. The summed E-state index contributed by atoms with van der Waals surface area (Å²) in [6.07, 6.45) is 0.945. The van der Waals surface area contributed by atoms with Crippen LogP contribution in [0.2, 0.25) is 0 Å². The molecule has 6 nitrogen and oxygen atoms in total. The number of benzene rings is 2. The van der Waals surface area contributed by atoms with E-state index in [1.165, 1.54) is 0 Å². The van der Waals surface area contributed by atoms with Gasteiger partial charge in [0.15, 0.2) is 0 Å². The molecule has 1 aromatic heterocycles. The monoisotopic (exact) mass is 411 g/mol. The molecular weight excluding hydrogens is 386 g/mol. The standard InChI is InChI=1S/C22H25N3O3S/c1-3-28-18-11-6-4-9-16(18)22(27)23-14-8-13-21(26)25(2)15-20-24-17-10-5-7-12-19(17)29-20/h4-7,9-12H,3,8,13-15H2,1-2H3,(H,23,27). The van der Waals surface area contributed by atoms with Crippen LogP contribution < -0.4 is 10.1 Å². The molecule has 1 N–H and O–H groups in total. The Morgan fingerprint density at radius 2 is 1.90 bits per heavy atom. The van der Waals surface area contributed by atoms with Crippen LogP contribution in [0.4, 0.5) is 0 Å². The number of amides is 2. The maximum Gasteiger partial charge on any atom is 0.255 e. The van der Waals surface area contributed by atoms with Gasteiger partial charge in [0.2, 0.25) is 5.91 Å². The average Bonchev–Trinajstić information content (AvgIpc) is 3.13. The molecule has 0 aliphatic heterocycles. The van der Waals surface area contributed by atoms with Crippen molar-refractivity contribution in [3.05, 3.63) is 59.1 Å². The van der Waals surface area contributed by atoms with E-state index < -0.39 is 0 Å². The molecule has 0 atom stereocenters. The van der Waals surface area contributed by atoms with Crippen LogP contribution in [-0.4, -0.2) is 41.9 Å². The summed E-state index contributed by atoms with van der Waals surface area (Å²) in [6.45, 7) is 3.30. The van der Waals surface area contributed by atoms with E-state index in [0.717, 1.165) is 15.2 Å². The Kier molecular flexibility index (Phi) is 7.19. The topological polar surface area (TPSA) is 71.5 Å². The summed E-state index contributed by atoms with van der Waals surface area (Å²) >= 11 is 1.60. The molecule has 3 rings (SSSR count). The van der Waals surface area contributed by atoms with Gasteiger partial charge in [0, 0.05) is 20.0 Å². The zero-order valence-corrected chi connectivity index (χ0v) is 17.5. The second-order valence-electron chi connectivity index (χ2n) is 6.61. The third-order valence-electron chi connectivity index (χ3n) is 4.42. The van der Waals surface area contributed by atoms with E-state index in [-0.39, 0.29) is 11.8 Å². The van der Waals surface area contributed by atoms with E-state index in [4.69, 9.17) is 4.74 Å². The van der Waals surface area contributed by atoms with Crippen molar-refractivity contribution in [2.45, 2.75) is 26.3 Å². The number of carbonyl (C=O) groups is 2. The summed E-state index contributed by atoms with van der Waals surface area (Å²) in [5.41, 5.74) is 1.47. The molecule has 0 radical (unpaired) electrons. The van der Waals surface area contributed by atoms with Gasteiger partial charge in [-0.15, -0.1) is 11.3 Å². The third kappa shape index (κ3) is 5.54. The summed E-state index contributed by atoms with van der Waals surface area (Å²) in [5, 5.41) is 3.78. The van der Waals surface area contributed by atoms with Crippen molar-refractivity contribution in [2.75, 3.05) is 20.2 Å². The minimum atomic E-state index is -0.190. The van der Waals surface area contributed by atoms with Crippen LogP contribution in [0.1, 0.15) is 35.1 Å². The largest absolute Gasteiger partial charge is 0.493 e. The van der Waals surface area contributed by atoms with Gasteiger partial charge in [-0.1, -0.05) is 24.3 Å². The van der Waals surface area contributed by atoms with Gasteiger partial charge in [-0.25, -0.2) is 4.98 Å². The van der Waals surface area contributed by atoms with Crippen molar-refractivity contribution in [3.8, 4) is 5.75 Å². The molecule has 0 bridgehead atoms. The minimum absolute atomic E-state index is 0.0354. The summed E-state index contributed by atoms with van der Waals surface area (Å²) in [4.78, 5) is 31.0. The van der Waals surface area contributed by atoms with Crippen LogP contribution in [0.25, 0.3) is 10.2 Å². The number of thiazole rings is 1. The molecule has 0 fully saturated rings. The first-order valence-corrected chi connectivity index (χ1v) is 10.5. The molecule has 0 spiro atoms. The molecule has 2 aromatic carbocycles. The predicted octanol–water partition coefficient (Wildman–Crippen LogP) is 3.86. The zero-order chi connectivity index (χ0) is 20.6. The highest BCUT2D eigenvalue weighted by atomic mass is 32.1. The molecule has 1 heterocycles. The SMILES string of the molecule is CCOc1ccccc1C(=O)NCCCC(=O)N(C)Cc1nc2ccccc2s1. The van der Waals surface area contributed by atoms with Crippen LogP contribution in [-0.2, 0) is 11.3 Å². The fourth-order valence-electron chi connectivity index (χ4n) is 2.94. The Morgan fingerprint density at radius 1 is 1.14 bits per heavy atom. The van der Waals surface area contributed by atoms with Gasteiger partial charge >= 0.3 is 0 Å². The second kappa shape index (κ2) is 10.0. The normalized spacial score (nSPS) is 10.7. The van der Waals surface area contributed by atoms with E-state index >= 15 is 0 Å². The van der Waals surface area contributed by atoms with Gasteiger partial charge in [-0.2, -0.15) is 0 Å². The number of hydrogen-bond acceptors (Lipinski definition) is 5. The van der Waals surface area contributed by atoms with E-state index in [9.17, 15) is 9.59 Å².